The number of alkyl halides is 3. The Hall–Kier alpha value is -4.18. The van der Waals surface area contributed by atoms with Gasteiger partial charge in [-0.05, 0) is 49.8 Å². The van der Waals surface area contributed by atoms with Gasteiger partial charge < -0.3 is 46.8 Å². The van der Waals surface area contributed by atoms with E-state index in [1.165, 1.54) is 0 Å². The van der Waals surface area contributed by atoms with Gasteiger partial charge in [0.25, 0.3) is 17.3 Å². The minimum atomic E-state index is -5.48. The van der Waals surface area contributed by atoms with E-state index in [-0.39, 0.29) is 41.3 Å². The Balaban J connectivity index is 2.25. The SMILES string of the molecule is Nc1nc(N)c(CCCC(c2ccc(C(=O)NC(CCC(=O)[O-])C(=O)[O-])cc2)C(O)(O)C(F)(F)F)c(=O)[nH]1. The molecule has 38 heavy (non-hydrogen) atoms. The Bertz CT molecular complexity index is 1230. The van der Waals surface area contributed by atoms with Crippen LogP contribution in [-0.4, -0.2) is 56.0 Å². The van der Waals surface area contributed by atoms with E-state index in [1.54, 1.807) is 0 Å². The lowest BCUT2D eigenvalue weighted by Crippen LogP contribution is -2.50. The maximum atomic E-state index is 13.5. The number of carboxylic acids is 2. The van der Waals surface area contributed by atoms with E-state index in [0.29, 0.717) is 0 Å². The van der Waals surface area contributed by atoms with Gasteiger partial charge in [-0.15, -0.1) is 0 Å². The first-order valence-electron chi connectivity index (χ1n) is 11.0. The van der Waals surface area contributed by atoms with Gasteiger partial charge in [0.1, 0.15) is 5.82 Å². The highest BCUT2D eigenvalue weighted by Crippen LogP contribution is 2.42. The molecule has 16 heteroatoms. The van der Waals surface area contributed by atoms with E-state index in [0.717, 1.165) is 24.3 Å². The monoisotopic (exact) mass is 543 g/mol. The number of carbonyl (C=O) groups is 3. The number of aliphatic hydroxyl groups is 2. The number of hydrogen-bond donors (Lipinski definition) is 6. The van der Waals surface area contributed by atoms with Gasteiger partial charge in [-0.3, -0.25) is 14.6 Å². The molecule has 13 nitrogen and oxygen atoms in total. The smallest absolute Gasteiger partial charge is 0.443 e. The molecular weight excluding hydrogens is 519 g/mol. The molecule has 8 N–H and O–H groups in total. The van der Waals surface area contributed by atoms with Crippen LogP contribution in [0.2, 0.25) is 0 Å². The third kappa shape index (κ3) is 7.42. The first-order chi connectivity index (χ1) is 17.5. The Morgan fingerprint density at radius 3 is 2.18 bits per heavy atom. The van der Waals surface area contributed by atoms with Crippen molar-refractivity contribution in [1.82, 2.24) is 15.3 Å². The number of nitrogens with one attached hydrogen (secondary N) is 2. The van der Waals surface area contributed by atoms with Gasteiger partial charge in [0.2, 0.25) is 5.95 Å². The van der Waals surface area contributed by atoms with E-state index in [2.05, 4.69) is 9.97 Å². The second kappa shape index (κ2) is 11.9. The van der Waals surface area contributed by atoms with Crippen LogP contribution in [-0.2, 0) is 16.0 Å². The molecule has 0 saturated heterocycles. The number of hydrogen-bond acceptors (Lipinski definition) is 11. The van der Waals surface area contributed by atoms with Gasteiger partial charge in [0.05, 0.1) is 17.6 Å². The number of carboxylic acid groups (broad SMARTS) is 2. The summed E-state index contributed by atoms with van der Waals surface area (Å²) in [6.45, 7) is 0. The van der Waals surface area contributed by atoms with Gasteiger partial charge in [-0.25, -0.2) is 0 Å². The molecule has 0 radical (unpaired) electrons. The molecule has 0 saturated carbocycles. The standard InChI is InChI=1S/C22H26F3N5O8/c23-22(24,25)21(37,38)13(3-1-2-12-16(26)29-20(27)30-18(12)34)10-4-6-11(7-5-10)17(33)28-14(19(35)36)8-9-15(31)32/h4-7,13-14,37-38H,1-3,8-9H2,(H,28,33)(H,31,32)(H,35,36)(H5,26,27,29,30,34)/p-2. The fraction of sp³-hybridized carbons (Fsp3) is 0.409. The van der Waals surface area contributed by atoms with Crippen LogP contribution in [0.25, 0.3) is 0 Å². The van der Waals surface area contributed by atoms with Gasteiger partial charge in [-0.1, -0.05) is 12.1 Å². The normalized spacial score (nSPS) is 13.5. The van der Waals surface area contributed by atoms with Crippen molar-refractivity contribution in [2.75, 3.05) is 11.5 Å². The molecule has 1 heterocycles. The fourth-order valence-corrected chi connectivity index (χ4v) is 3.68. The lowest BCUT2D eigenvalue weighted by Gasteiger charge is -2.33. The van der Waals surface area contributed by atoms with Gasteiger partial charge in [0, 0.05) is 17.5 Å². The first-order valence-corrected chi connectivity index (χ1v) is 11.0. The van der Waals surface area contributed by atoms with Crippen LogP contribution in [0.4, 0.5) is 24.9 Å². The quantitative estimate of drug-likeness (QED) is 0.155. The number of aromatic nitrogens is 2. The number of rotatable bonds is 12. The number of carbonyl (C=O) groups excluding carboxylic acids is 3. The van der Waals surface area contributed by atoms with Crippen LogP contribution in [0.3, 0.4) is 0 Å². The molecule has 1 aromatic heterocycles. The number of H-pyrrole nitrogens is 1. The largest absolute Gasteiger partial charge is 0.550 e. The van der Waals surface area contributed by atoms with Crippen molar-refractivity contribution in [1.29, 1.82) is 0 Å². The molecule has 0 bridgehead atoms. The molecule has 2 aromatic rings. The number of aromatic amines is 1. The molecule has 2 atom stereocenters. The summed E-state index contributed by atoms with van der Waals surface area (Å²) in [6, 6.07) is 2.37. The molecule has 2 rings (SSSR count). The summed E-state index contributed by atoms with van der Waals surface area (Å²) >= 11 is 0. The van der Waals surface area contributed by atoms with E-state index < -0.39 is 66.6 Å². The topological polar surface area (TPSA) is 248 Å². The predicted molar refractivity (Wildman–Crippen MR) is 120 cm³/mol. The number of benzene rings is 1. The average Bonchev–Trinajstić information content (AvgIpc) is 2.79. The van der Waals surface area contributed by atoms with E-state index >= 15 is 0 Å². The number of nitrogens with zero attached hydrogens (tertiary/aromatic N) is 1. The Morgan fingerprint density at radius 2 is 1.68 bits per heavy atom. The zero-order valence-corrected chi connectivity index (χ0v) is 19.6. The molecule has 0 aliphatic carbocycles. The molecule has 0 fully saturated rings. The maximum absolute atomic E-state index is 13.5. The Kier molecular flexibility index (Phi) is 9.42. The Labute approximate surface area is 212 Å². The van der Waals surface area contributed by atoms with Crippen LogP contribution in [0, 0.1) is 0 Å². The lowest BCUT2D eigenvalue weighted by atomic mass is 9.84. The van der Waals surface area contributed by atoms with Gasteiger partial charge >= 0.3 is 6.18 Å². The molecule has 1 amide bonds. The van der Waals surface area contributed by atoms with E-state index in [4.69, 9.17) is 11.5 Å². The van der Waals surface area contributed by atoms with Crippen molar-refractivity contribution in [3.05, 3.63) is 51.3 Å². The van der Waals surface area contributed by atoms with Crippen molar-refractivity contribution >= 4 is 29.6 Å². The number of anilines is 2. The highest BCUT2D eigenvalue weighted by Gasteiger charge is 2.57. The number of amides is 1. The van der Waals surface area contributed by atoms with Crippen LogP contribution in [0.5, 0.6) is 0 Å². The Morgan fingerprint density at radius 1 is 1.08 bits per heavy atom. The van der Waals surface area contributed by atoms with Crippen molar-refractivity contribution < 1.29 is 48.0 Å². The molecule has 1 aromatic carbocycles. The highest BCUT2D eigenvalue weighted by atomic mass is 19.4. The van der Waals surface area contributed by atoms with E-state index in [1.807, 2.05) is 5.32 Å². The number of aliphatic carboxylic acids is 2. The summed E-state index contributed by atoms with van der Waals surface area (Å²) in [6.07, 6.45) is -7.54. The zero-order chi connectivity index (χ0) is 28.8. The fourth-order valence-electron chi connectivity index (χ4n) is 3.68. The van der Waals surface area contributed by atoms with Crippen LogP contribution >= 0.6 is 0 Å². The molecule has 0 aliphatic heterocycles. The third-order valence-electron chi connectivity index (χ3n) is 5.69. The summed E-state index contributed by atoms with van der Waals surface area (Å²) in [4.78, 5) is 51.9. The predicted octanol–water partition coefficient (Wildman–Crippen LogP) is -2.34. The van der Waals surface area contributed by atoms with Crippen molar-refractivity contribution in [2.24, 2.45) is 0 Å². The van der Waals surface area contributed by atoms with Crippen molar-refractivity contribution in [3.8, 4) is 0 Å². The second-order valence-electron chi connectivity index (χ2n) is 8.36. The van der Waals surface area contributed by atoms with Crippen LogP contribution < -0.4 is 32.6 Å². The van der Waals surface area contributed by atoms with Crippen molar-refractivity contribution in [2.45, 2.75) is 56.0 Å². The number of nitrogens with two attached hydrogens (primary N) is 2. The molecule has 208 valence electrons. The molecule has 0 aliphatic rings. The summed E-state index contributed by atoms with van der Waals surface area (Å²) in [5.74, 6) is -11.0. The summed E-state index contributed by atoms with van der Waals surface area (Å²) in [5.41, 5.74) is 9.79. The van der Waals surface area contributed by atoms with Crippen LogP contribution in [0.1, 0.15) is 53.1 Å². The van der Waals surface area contributed by atoms with Crippen molar-refractivity contribution in [3.63, 3.8) is 0 Å². The van der Waals surface area contributed by atoms with Gasteiger partial charge in [-0.2, -0.15) is 18.2 Å². The number of halogens is 3. The molecule has 2 unspecified atom stereocenters. The van der Waals surface area contributed by atoms with E-state index in [9.17, 15) is 52.8 Å². The minimum absolute atomic E-state index is 0.0559. The minimum Gasteiger partial charge on any atom is -0.550 e. The molecular formula is C22H24F3N5O8-2. The molecule has 0 spiro atoms. The third-order valence-corrected chi connectivity index (χ3v) is 5.69. The maximum Gasteiger partial charge on any atom is 0.443 e. The number of nitrogen functional groups attached to an aromatic ring is 2. The van der Waals surface area contributed by atoms with Gasteiger partial charge in [0.15, 0.2) is 0 Å². The summed E-state index contributed by atoms with van der Waals surface area (Å²) in [5, 5.41) is 43.7. The highest BCUT2D eigenvalue weighted by molar-refractivity contribution is 5.96. The average molecular weight is 543 g/mol. The summed E-state index contributed by atoms with van der Waals surface area (Å²) in [7, 11) is 0. The second-order valence-corrected chi connectivity index (χ2v) is 8.36. The lowest BCUT2D eigenvalue weighted by molar-refractivity contribution is -0.358. The first kappa shape index (κ1) is 30.0. The van der Waals surface area contributed by atoms with Crippen LogP contribution in [0.15, 0.2) is 29.1 Å². The zero-order valence-electron chi connectivity index (χ0n) is 19.6. The summed E-state index contributed by atoms with van der Waals surface area (Å²) < 4.78 is 40.4.